The number of rotatable bonds is 5. The number of aliphatic hydroxyl groups excluding tert-OH is 1. The third-order valence-electron chi connectivity index (χ3n) is 3.55. The van der Waals surface area contributed by atoms with Crippen LogP contribution in [-0.4, -0.2) is 16.6 Å². The molecule has 0 fully saturated rings. The topological polar surface area (TPSA) is 75.4 Å². The number of hydrogen-bond donors (Lipinski definition) is 2. The molecular weight excluding hydrogens is 268 g/mol. The quantitative estimate of drug-likeness (QED) is 0.653. The van der Waals surface area contributed by atoms with E-state index in [1.807, 2.05) is 37.3 Å². The number of benzene rings is 2. The molecule has 0 heterocycles. The highest BCUT2D eigenvalue weighted by Gasteiger charge is 2.26. The van der Waals surface area contributed by atoms with Crippen molar-refractivity contribution >= 4 is 11.4 Å². The number of hydrogen-bond acceptors (Lipinski definition) is 4. The van der Waals surface area contributed by atoms with Gasteiger partial charge in [-0.05, 0) is 25.5 Å². The molecule has 0 radical (unpaired) electrons. The molecule has 0 aliphatic carbocycles. The van der Waals surface area contributed by atoms with Crippen molar-refractivity contribution in [1.29, 1.82) is 0 Å². The largest absolute Gasteiger partial charge is 0.394 e. The van der Waals surface area contributed by atoms with Gasteiger partial charge in [0.15, 0.2) is 0 Å². The van der Waals surface area contributed by atoms with Crippen molar-refractivity contribution in [3.05, 3.63) is 69.8 Å². The third-order valence-corrected chi connectivity index (χ3v) is 3.55. The maximum atomic E-state index is 11.0. The molecule has 2 rings (SSSR count). The highest BCUT2D eigenvalue weighted by atomic mass is 16.6. The molecular formula is C16H18N2O3. The number of nitrogens with zero attached hydrogens (tertiary/aromatic N) is 1. The van der Waals surface area contributed by atoms with Gasteiger partial charge in [-0.25, -0.2) is 0 Å². The lowest BCUT2D eigenvalue weighted by Gasteiger charge is -2.30. The van der Waals surface area contributed by atoms with Crippen molar-refractivity contribution in [2.45, 2.75) is 19.4 Å². The lowest BCUT2D eigenvalue weighted by Crippen LogP contribution is -2.35. The SMILES string of the molecule is Cc1ccc(NC(C)(CO)c2ccccc2)cc1[N+](=O)[O-]. The first kappa shape index (κ1) is 15.0. The van der Waals surface area contributed by atoms with Crippen molar-refractivity contribution in [2.75, 3.05) is 11.9 Å². The first-order valence-corrected chi connectivity index (χ1v) is 6.66. The zero-order valence-corrected chi connectivity index (χ0v) is 12.0. The van der Waals surface area contributed by atoms with Gasteiger partial charge in [-0.2, -0.15) is 0 Å². The third kappa shape index (κ3) is 3.20. The van der Waals surface area contributed by atoms with E-state index in [0.29, 0.717) is 11.3 Å². The number of aryl methyl sites for hydroxylation is 1. The summed E-state index contributed by atoms with van der Waals surface area (Å²) in [4.78, 5) is 10.6. The summed E-state index contributed by atoms with van der Waals surface area (Å²) < 4.78 is 0. The highest BCUT2D eigenvalue weighted by molar-refractivity contribution is 5.56. The molecule has 0 saturated heterocycles. The lowest BCUT2D eigenvalue weighted by molar-refractivity contribution is -0.385. The Kier molecular flexibility index (Phi) is 4.23. The number of nitro groups is 1. The Bertz CT molecular complexity index is 643. The summed E-state index contributed by atoms with van der Waals surface area (Å²) >= 11 is 0. The minimum absolute atomic E-state index is 0.0633. The molecule has 2 aromatic rings. The van der Waals surface area contributed by atoms with Crippen LogP contribution in [0.1, 0.15) is 18.1 Å². The van der Waals surface area contributed by atoms with Gasteiger partial charge in [0.05, 0.1) is 17.1 Å². The molecule has 1 unspecified atom stereocenters. The fourth-order valence-corrected chi connectivity index (χ4v) is 2.21. The lowest BCUT2D eigenvalue weighted by atomic mass is 9.92. The van der Waals surface area contributed by atoms with Crippen LogP contribution in [0.15, 0.2) is 48.5 Å². The van der Waals surface area contributed by atoms with Gasteiger partial charge in [0, 0.05) is 17.3 Å². The van der Waals surface area contributed by atoms with E-state index in [-0.39, 0.29) is 12.3 Å². The Morgan fingerprint density at radius 3 is 2.48 bits per heavy atom. The van der Waals surface area contributed by atoms with Gasteiger partial charge < -0.3 is 10.4 Å². The van der Waals surface area contributed by atoms with E-state index in [2.05, 4.69) is 5.32 Å². The Hall–Kier alpha value is -2.40. The zero-order valence-electron chi connectivity index (χ0n) is 12.0. The minimum Gasteiger partial charge on any atom is -0.394 e. The summed E-state index contributed by atoms with van der Waals surface area (Å²) in [6, 6.07) is 14.5. The van der Waals surface area contributed by atoms with E-state index in [0.717, 1.165) is 5.56 Å². The van der Waals surface area contributed by atoms with E-state index < -0.39 is 10.5 Å². The average Bonchev–Trinajstić information content (AvgIpc) is 2.49. The van der Waals surface area contributed by atoms with Crippen LogP contribution in [0.2, 0.25) is 0 Å². The predicted octanol–water partition coefficient (Wildman–Crippen LogP) is 3.22. The molecule has 0 aliphatic rings. The Morgan fingerprint density at radius 2 is 1.90 bits per heavy atom. The summed E-state index contributed by atoms with van der Waals surface area (Å²) in [6.45, 7) is 3.43. The van der Waals surface area contributed by atoms with E-state index >= 15 is 0 Å². The molecule has 0 aliphatic heterocycles. The molecule has 0 spiro atoms. The molecule has 5 heteroatoms. The normalized spacial score (nSPS) is 13.5. The monoisotopic (exact) mass is 286 g/mol. The van der Waals surface area contributed by atoms with Gasteiger partial charge in [-0.1, -0.05) is 36.4 Å². The van der Waals surface area contributed by atoms with Crippen LogP contribution in [0.25, 0.3) is 0 Å². The second-order valence-electron chi connectivity index (χ2n) is 5.24. The Labute approximate surface area is 123 Å². The molecule has 21 heavy (non-hydrogen) atoms. The summed E-state index contributed by atoms with van der Waals surface area (Å²) in [5.41, 5.74) is 1.48. The zero-order chi connectivity index (χ0) is 15.5. The van der Waals surface area contributed by atoms with Gasteiger partial charge in [0.2, 0.25) is 0 Å². The maximum absolute atomic E-state index is 11.0. The molecule has 0 aromatic heterocycles. The average molecular weight is 286 g/mol. The summed E-state index contributed by atoms with van der Waals surface area (Å²) in [6.07, 6.45) is 0. The highest BCUT2D eigenvalue weighted by Crippen LogP contribution is 2.29. The minimum atomic E-state index is -0.704. The Morgan fingerprint density at radius 1 is 1.24 bits per heavy atom. The van der Waals surface area contributed by atoms with Crippen LogP contribution in [0.3, 0.4) is 0 Å². The predicted molar refractivity (Wildman–Crippen MR) is 82.3 cm³/mol. The van der Waals surface area contributed by atoms with Crippen molar-refractivity contribution in [3.8, 4) is 0 Å². The summed E-state index contributed by atoms with van der Waals surface area (Å²) in [7, 11) is 0. The second kappa shape index (κ2) is 5.93. The van der Waals surface area contributed by atoms with Gasteiger partial charge in [-0.15, -0.1) is 0 Å². The number of aliphatic hydroxyl groups is 1. The van der Waals surface area contributed by atoms with Crippen LogP contribution >= 0.6 is 0 Å². The van der Waals surface area contributed by atoms with Crippen molar-refractivity contribution in [1.82, 2.24) is 0 Å². The van der Waals surface area contributed by atoms with Crippen LogP contribution in [0, 0.1) is 17.0 Å². The van der Waals surface area contributed by atoms with Gasteiger partial charge in [0.1, 0.15) is 0 Å². The van der Waals surface area contributed by atoms with E-state index in [1.165, 1.54) is 6.07 Å². The van der Waals surface area contributed by atoms with Crippen LogP contribution in [0.5, 0.6) is 0 Å². The fourth-order valence-electron chi connectivity index (χ4n) is 2.21. The molecule has 0 bridgehead atoms. The smallest absolute Gasteiger partial charge is 0.274 e. The molecule has 110 valence electrons. The van der Waals surface area contributed by atoms with E-state index in [4.69, 9.17) is 0 Å². The first-order chi connectivity index (χ1) is 9.96. The van der Waals surface area contributed by atoms with Crippen molar-refractivity contribution in [2.24, 2.45) is 0 Å². The second-order valence-corrected chi connectivity index (χ2v) is 5.24. The maximum Gasteiger partial charge on any atom is 0.274 e. The van der Waals surface area contributed by atoms with Gasteiger partial charge in [0.25, 0.3) is 5.69 Å². The summed E-state index contributed by atoms with van der Waals surface area (Å²) in [5, 5.41) is 23.9. The van der Waals surface area contributed by atoms with Gasteiger partial charge >= 0.3 is 0 Å². The van der Waals surface area contributed by atoms with Crippen molar-refractivity contribution < 1.29 is 10.0 Å². The van der Waals surface area contributed by atoms with E-state index in [9.17, 15) is 15.2 Å². The Balaban J connectivity index is 2.35. The molecule has 2 N–H and O–H groups in total. The van der Waals surface area contributed by atoms with Gasteiger partial charge in [-0.3, -0.25) is 10.1 Å². The van der Waals surface area contributed by atoms with Crippen molar-refractivity contribution in [3.63, 3.8) is 0 Å². The molecule has 0 saturated carbocycles. The first-order valence-electron chi connectivity index (χ1n) is 6.66. The van der Waals surface area contributed by atoms with Crippen LogP contribution in [0.4, 0.5) is 11.4 Å². The number of nitrogens with one attached hydrogen (secondary N) is 1. The molecule has 0 amide bonds. The van der Waals surface area contributed by atoms with Crippen LogP contribution in [-0.2, 0) is 5.54 Å². The standard InChI is InChI=1S/C16H18N2O3/c1-12-8-9-14(10-15(12)18(20)21)17-16(2,11-19)13-6-4-3-5-7-13/h3-10,17,19H,11H2,1-2H3. The number of nitro benzene ring substituents is 1. The fraction of sp³-hybridized carbons (Fsp3) is 0.250. The molecule has 5 nitrogen and oxygen atoms in total. The van der Waals surface area contributed by atoms with Crippen LogP contribution < -0.4 is 5.32 Å². The summed E-state index contributed by atoms with van der Waals surface area (Å²) in [5.74, 6) is 0. The number of anilines is 1. The molecule has 1 atom stereocenters. The van der Waals surface area contributed by atoms with E-state index in [1.54, 1.807) is 19.1 Å². The molecule has 2 aromatic carbocycles.